The van der Waals surface area contributed by atoms with Crippen molar-refractivity contribution in [3.8, 4) is 0 Å². The molecule has 1 aromatic carbocycles. The molecule has 5 nitrogen and oxygen atoms in total. The smallest absolute Gasteiger partial charge is 0.354 e. The first-order valence-corrected chi connectivity index (χ1v) is 6.85. The van der Waals surface area contributed by atoms with Gasteiger partial charge in [0.15, 0.2) is 0 Å². The highest BCUT2D eigenvalue weighted by Gasteiger charge is 2.28. The predicted octanol–water partition coefficient (Wildman–Crippen LogP) is 2.37. The van der Waals surface area contributed by atoms with Crippen LogP contribution in [0.3, 0.4) is 0 Å². The molecule has 1 aliphatic rings. The lowest BCUT2D eigenvalue weighted by molar-refractivity contribution is -0.119. The molecule has 21 heavy (non-hydrogen) atoms. The number of aromatic carboxylic acids is 1. The summed E-state index contributed by atoms with van der Waals surface area (Å²) in [5, 5.41) is 11.9. The Morgan fingerprint density at radius 1 is 1.24 bits per heavy atom. The van der Waals surface area contributed by atoms with Crippen LogP contribution in [0.1, 0.15) is 27.3 Å². The molecule has 0 unspecified atom stereocenters. The highest BCUT2D eigenvalue weighted by atomic mass is 16.4. The first kappa shape index (κ1) is 13.4. The van der Waals surface area contributed by atoms with Gasteiger partial charge in [-0.05, 0) is 37.0 Å². The summed E-state index contributed by atoms with van der Waals surface area (Å²) in [6, 6.07) is 9.65. The number of hydrogen-bond donors (Lipinski definition) is 3. The Labute approximate surface area is 122 Å². The number of carbonyl (C=O) groups is 2. The molecular weight excluding hydrogens is 268 g/mol. The normalized spacial score (nSPS) is 14.0. The van der Waals surface area contributed by atoms with Crippen molar-refractivity contribution in [3.63, 3.8) is 0 Å². The van der Waals surface area contributed by atoms with E-state index < -0.39 is 5.97 Å². The van der Waals surface area contributed by atoms with E-state index in [9.17, 15) is 9.59 Å². The van der Waals surface area contributed by atoms with Crippen LogP contribution in [0.4, 0.5) is 5.69 Å². The number of aromatic nitrogens is 1. The molecule has 0 saturated heterocycles. The van der Waals surface area contributed by atoms with Crippen molar-refractivity contribution in [2.24, 2.45) is 5.92 Å². The molecule has 0 fully saturated rings. The number of aromatic amines is 1. The van der Waals surface area contributed by atoms with Gasteiger partial charge in [0.2, 0.25) is 5.91 Å². The molecule has 3 N–H and O–H groups in total. The van der Waals surface area contributed by atoms with E-state index in [0.717, 1.165) is 0 Å². The highest BCUT2D eigenvalue weighted by Crippen LogP contribution is 2.28. The van der Waals surface area contributed by atoms with Gasteiger partial charge in [0, 0.05) is 11.6 Å². The molecule has 2 aromatic rings. The average Bonchev–Trinajstić information content (AvgIpc) is 3.02. The number of benzene rings is 1. The van der Waals surface area contributed by atoms with Crippen LogP contribution in [0.15, 0.2) is 30.3 Å². The largest absolute Gasteiger partial charge is 0.477 e. The fourth-order valence-electron chi connectivity index (χ4n) is 2.84. The minimum absolute atomic E-state index is 0.0244. The van der Waals surface area contributed by atoms with E-state index in [0.29, 0.717) is 24.2 Å². The Hall–Kier alpha value is -2.56. The lowest BCUT2D eigenvalue weighted by atomic mass is 10.1. The van der Waals surface area contributed by atoms with Gasteiger partial charge in [0.05, 0.1) is 5.69 Å². The van der Waals surface area contributed by atoms with E-state index in [1.807, 2.05) is 24.3 Å². The molecule has 5 heteroatoms. The lowest BCUT2D eigenvalue weighted by Crippen LogP contribution is -2.23. The Bertz CT molecular complexity index is 693. The molecule has 0 aliphatic heterocycles. The third-order valence-electron chi connectivity index (χ3n) is 3.85. The van der Waals surface area contributed by atoms with Gasteiger partial charge >= 0.3 is 5.97 Å². The van der Waals surface area contributed by atoms with Gasteiger partial charge < -0.3 is 15.4 Å². The quantitative estimate of drug-likeness (QED) is 0.809. The number of fused-ring (bicyclic) bond motifs is 1. The van der Waals surface area contributed by atoms with Crippen LogP contribution in [0.25, 0.3) is 0 Å². The zero-order valence-electron chi connectivity index (χ0n) is 11.6. The maximum atomic E-state index is 12.3. The fourth-order valence-corrected chi connectivity index (χ4v) is 2.84. The Morgan fingerprint density at radius 2 is 1.86 bits per heavy atom. The number of carboxylic acid groups (broad SMARTS) is 1. The molecule has 1 amide bonds. The molecule has 108 valence electrons. The fraction of sp³-hybridized carbons (Fsp3) is 0.250. The summed E-state index contributed by atoms with van der Waals surface area (Å²) in [5.41, 5.74) is 3.46. The highest BCUT2D eigenvalue weighted by molar-refractivity contribution is 6.00. The third-order valence-corrected chi connectivity index (χ3v) is 3.85. The van der Waals surface area contributed by atoms with Crippen LogP contribution in [0.5, 0.6) is 0 Å². The third kappa shape index (κ3) is 2.54. The maximum Gasteiger partial charge on any atom is 0.354 e. The molecule has 1 heterocycles. The second kappa shape index (κ2) is 5.09. The van der Waals surface area contributed by atoms with Crippen LogP contribution in [-0.4, -0.2) is 22.0 Å². The van der Waals surface area contributed by atoms with Gasteiger partial charge in [0.1, 0.15) is 5.69 Å². The van der Waals surface area contributed by atoms with Crippen LogP contribution in [0.2, 0.25) is 0 Å². The van der Waals surface area contributed by atoms with E-state index in [1.165, 1.54) is 11.1 Å². The van der Waals surface area contributed by atoms with Gasteiger partial charge in [-0.3, -0.25) is 4.79 Å². The van der Waals surface area contributed by atoms with Crippen molar-refractivity contribution < 1.29 is 14.7 Å². The summed E-state index contributed by atoms with van der Waals surface area (Å²) in [6.07, 6.45) is 1.40. The zero-order chi connectivity index (χ0) is 15.0. The van der Waals surface area contributed by atoms with Gasteiger partial charge in [-0.2, -0.15) is 0 Å². The molecule has 3 rings (SSSR count). The molecule has 1 aromatic heterocycles. The standard InChI is InChI=1S/C16H16N2O3/c1-9-6-13(14(17-9)16(20)21)18-15(19)12-7-10-4-2-3-5-11(10)8-12/h2-6,12,17H,7-8H2,1H3,(H,18,19)(H,20,21). The van der Waals surface area contributed by atoms with Gasteiger partial charge in [-0.25, -0.2) is 4.79 Å². The second-order valence-electron chi connectivity index (χ2n) is 5.41. The monoisotopic (exact) mass is 284 g/mol. The van der Waals surface area contributed by atoms with Gasteiger partial charge in [-0.1, -0.05) is 24.3 Å². The SMILES string of the molecule is Cc1cc(NC(=O)C2Cc3ccccc3C2)c(C(=O)O)[nH]1. The minimum Gasteiger partial charge on any atom is -0.477 e. The van der Waals surface area contributed by atoms with Gasteiger partial charge in [0.25, 0.3) is 0 Å². The van der Waals surface area contributed by atoms with E-state index in [1.54, 1.807) is 13.0 Å². The summed E-state index contributed by atoms with van der Waals surface area (Å²) in [5.74, 6) is -1.35. The Morgan fingerprint density at radius 3 is 2.43 bits per heavy atom. The van der Waals surface area contributed by atoms with Crippen LogP contribution in [0, 0.1) is 12.8 Å². The summed E-state index contributed by atoms with van der Waals surface area (Å²) >= 11 is 0. The average molecular weight is 284 g/mol. The summed E-state index contributed by atoms with van der Waals surface area (Å²) in [7, 11) is 0. The number of aryl methyl sites for hydroxylation is 1. The number of nitrogens with one attached hydrogen (secondary N) is 2. The Balaban J connectivity index is 1.75. The first-order chi connectivity index (χ1) is 10.0. The molecular formula is C16H16N2O3. The topological polar surface area (TPSA) is 82.2 Å². The summed E-state index contributed by atoms with van der Waals surface area (Å²) in [4.78, 5) is 26.2. The number of carboxylic acids is 1. The van der Waals surface area contributed by atoms with Crippen molar-refractivity contribution >= 4 is 17.6 Å². The lowest BCUT2D eigenvalue weighted by Gasteiger charge is -2.09. The van der Waals surface area contributed by atoms with Crippen molar-refractivity contribution in [2.45, 2.75) is 19.8 Å². The first-order valence-electron chi connectivity index (χ1n) is 6.85. The van der Waals surface area contributed by atoms with E-state index in [2.05, 4.69) is 10.3 Å². The number of anilines is 1. The van der Waals surface area contributed by atoms with Crippen LogP contribution >= 0.6 is 0 Å². The molecule has 0 saturated carbocycles. The van der Waals surface area contributed by atoms with E-state index in [4.69, 9.17) is 5.11 Å². The number of H-pyrrole nitrogens is 1. The minimum atomic E-state index is -1.08. The molecule has 1 aliphatic carbocycles. The van der Waals surface area contributed by atoms with E-state index in [-0.39, 0.29) is 17.5 Å². The zero-order valence-corrected chi connectivity index (χ0v) is 11.6. The second-order valence-corrected chi connectivity index (χ2v) is 5.41. The van der Waals surface area contributed by atoms with Crippen molar-refractivity contribution in [1.29, 1.82) is 0 Å². The number of carbonyl (C=O) groups excluding carboxylic acids is 1. The van der Waals surface area contributed by atoms with Crippen molar-refractivity contribution in [1.82, 2.24) is 4.98 Å². The number of hydrogen-bond acceptors (Lipinski definition) is 2. The summed E-state index contributed by atoms with van der Waals surface area (Å²) < 4.78 is 0. The van der Waals surface area contributed by atoms with Gasteiger partial charge in [-0.15, -0.1) is 0 Å². The Kier molecular flexibility index (Phi) is 3.25. The molecule has 0 spiro atoms. The summed E-state index contributed by atoms with van der Waals surface area (Å²) in [6.45, 7) is 1.76. The predicted molar refractivity (Wildman–Crippen MR) is 78.5 cm³/mol. The van der Waals surface area contributed by atoms with Crippen molar-refractivity contribution in [3.05, 3.63) is 52.8 Å². The molecule has 0 bridgehead atoms. The number of amides is 1. The van der Waals surface area contributed by atoms with Crippen LogP contribution in [-0.2, 0) is 17.6 Å². The maximum absolute atomic E-state index is 12.3. The number of rotatable bonds is 3. The molecule has 0 radical (unpaired) electrons. The van der Waals surface area contributed by atoms with E-state index >= 15 is 0 Å². The van der Waals surface area contributed by atoms with Crippen LogP contribution < -0.4 is 5.32 Å². The van der Waals surface area contributed by atoms with Crippen molar-refractivity contribution in [2.75, 3.05) is 5.32 Å². The molecule has 0 atom stereocenters.